The van der Waals surface area contributed by atoms with Crippen LogP contribution in [0, 0.1) is 0 Å². The first-order chi connectivity index (χ1) is 10.8. The van der Waals surface area contributed by atoms with E-state index in [4.69, 9.17) is 14.5 Å². The van der Waals surface area contributed by atoms with Crippen molar-refractivity contribution in [3.05, 3.63) is 42.6 Å². The molecule has 1 atom stereocenters. The lowest BCUT2D eigenvalue weighted by Crippen LogP contribution is -2.16. The molecule has 7 heteroatoms. The average molecular weight is 336 g/mol. The number of pyridine rings is 1. The van der Waals surface area contributed by atoms with Crippen molar-refractivity contribution in [2.45, 2.75) is 32.7 Å². The number of aromatic nitrogens is 1. The van der Waals surface area contributed by atoms with E-state index >= 15 is 0 Å². The third kappa shape index (κ3) is 5.06. The van der Waals surface area contributed by atoms with Crippen molar-refractivity contribution in [3.63, 3.8) is 0 Å². The highest BCUT2D eigenvalue weighted by atomic mass is 31.2. The molecule has 1 heterocycles. The molecule has 3 N–H and O–H groups in total. The second-order valence-electron chi connectivity index (χ2n) is 5.53. The van der Waals surface area contributed by atoms with Gasteiger partial charge in [0.25, 0.3) is 0 Å². The van der Waals surface area contributed by atoms with Crippen LogP contribution in [-0.2, 0) is 4.57 Å². The molecule has 1 unspecified atom stereocenters. The lowest BCUT2D eigenvalue weighted by atomic mass is 10.1. The smallest absolute Gasteiger partial charge is 0.347 e. The second kappa shape index (κ2) is 7.13. The van der Waals surface area contributed by atoms with Gasteiger partial charge in [0.15, 0.2) is 0 Å². The summed E-state index contributed by atoms with van der Waals surface area (Å²) in [7, 11) is -4.20. The van der Waals surface area contributed by atoms with E-state index in [9.17, 15) is 4.57 Å². The van der Waals surface area contributed by atoms with Crippen molar-refractivity contribution < 1.29 is 19.1 Å². The molecule has 0 aliphatic carbocycles. The summed E-state index contributed by atoms with van der Waals surface area (Å²) in [4.78, 5) is 22.4. The van der Waals surface area contributed by atoms with Crippen molar-refractivity contribution in [2.24, 2.45) is 0 Å². The van der Waals surface area contributed by atoms with Crippen molar-refractivity contribution in [1.82, 2.24) is 4.98 Å². The highest BCUT2D eigenvalue weighted by Gasteiger charge is 2.23. The summed E-state index contributed by atoms with van der Waals surface area (Å²) in [5.74, 6) is 0.221. The topological polar surface area (TPSA) is 91.7 Å². The zero-order valence-electron chi connectivity index (χ0n) is 13.3. The number of benzene rings is 1. The van der Waals surface area contributed by atoms with Crippen LogP contribution in [-0.4, -0.2) is 26.7 Å². The van der Waals surface area contributed by atoms with Crippen molar-refractivity contribution in [2.75, 3.05) is 5.32 Å². The molecule has 2 aromatic rings. The van der Waals surface area contributed by atoms with Gasteiger partial charge in [-0.1, -0.05) is 12.1 Å². The van der Waals surface area contributed by atoms with Gasteiger partial charge in [-0.15, -0.1) is 0 Å². The average Bonchev–Trinajstić information content (AvgIpc) is 2.46. The monoisotopic (exact) mass is 336 g/mol. The van der Waals surface area contributed by atoms with E-state index in [1.807, 2.05) is 44.2 Å². The SMILES string of the molecule is CC(C)Oc1ccc(-c2ccnc(NC(C)P(=O)(O)O)c2)cc1. The maximum atomic E-state index is 11.2. The molecule has 1 aromatic carbocycles. The molecule has 0 aliphatic heterocycles. The maximum absolute atomic E-state index is 11.2. The zero-order valence-corrected chi connectivity index (χ0v) is 14.2. The van der Waals surface area contributed by atoms with Gasteiger partial charge in [-0.25, -0.2) is 4.98 Å². The summed E-state index contributed by atoms with van der Waals surface area (Å²) in [5, 5.41) is 2.73. The Morgan fingerprint density at radius 3 is 2.30 bits per heavy atom. The van der Waals surface area contributed by atoms with E-state index in [-0.39, 0.29) is 6.10 Å². The van der Waals surface area contributed by atoms with E-state index in [1.165, 1.54) is 6.92 Å². The van der Waals surface area contributed by atoms with Crippen LogP contribution in [0.1, 0.15) is 20.8 Å². The van der Waals surface area contributed by atoms with E-state index < -0.39 is 13.4 Å². The van der Waals surface area contributed by atoms with Gasteiger partial charge in [0.1, 0.15) is 17.4 Å². The van der Waals surface area contributed by atoms with E-state index in [0.717, 1.165) is 16.9 Å². The maximum Gasteiger partial charge on any atom is 0.347 e. The molecule has 0 amide bonds. The molecular formula is C16H21N2O4P. The van der Waals surface area contributed by atoms with Crippen molar-refractivity contribution >= 4 is 13.4 Å². The second-order valence-corrected chi connectivity index (χ2v) is 7.48. The summed E-state index contributed by atoms with van der Waals surface area (Å²) in [6.45, 7) is 5.36. The summed E-state index contributed by atoms with van der Waals surface area (Å²) < 4.78 is 16.8. The first-order valence-electron chi connectivity index (χ1n) is 7.30. The Morgan fingerprint density at radius 1 is 1.09 bits per heavy atom. The molecule has 124 valence electrons. The molecule has 2 rings (SSSR count). The van der Waals surface area contributed by atoms with Gasteiger partial charge in [-0.2, -0.15) is 0 Å². The molecule has 1 aromatic heterocycles. The summed E-state index contributed by atoms with van der Waals surface area (Å²) in [6.07, 6.45) is 1.72. The highest BCUT2D eigenvalue weighted by molar-refractivity contribution is 7.52. The van der Waals surface area contributed by atoms with Gasteiger partial charge in [0, 0.05) is 6.20 Å². The molecule has 6 nitrogen and oxygen atoms in total. The number of hydrogen-bond donors (Lipinski definition) is 3. The molecule has 0 saturated carbocycles. The summed E-state index contributed by atoms with van der Waals surface area (Å²) >= 11 is 0. The van der Waals surface area contributed by atoms with E-state index in [1.54, 1.807) is 12.3 Å². The molecule has 0 aliphatic rings. The fourth-order valence-electron chi connectivity index (χ4n) is 1.99. The minimum atomic E-state index is -4.20. The number of ether oxygens (including phenoxy) is 1. The Kier molecular flexibility index (Phi) is 5.42. The van der Waals surface area contributed by atoms with E-state index in [0.29, 0.717) is 5.82 Å². The lowest BCUT2D eigenvalue weighted by molar-refractivity contribution is 0.242. The van der Waals surface area contributed by atoms with Gasteiger partial charge in [-0.3, -0.25) is 4.57 Å². The number of nitrogens with zero attached hydrogens (tertiary/aromatic N) is 1. The Hall–Kier alpha value is -1.88. The van der Waals surface area contributed by atoms with Gasteiger partial charge in [-0.05, 0) is 56.2 Å². The predicted octanol–water partition coefficient (Wildman–Crippen LogP) is 3.47. The lowest BCUT2D eigenvalue weighted by Gasteiger charge is -2.16. The summed E-state index contributed by atoms with van der Waals surface area (Å²) in [6, 6.07) is 11.2. The number of rotatable bonds is 6. The summed E-state index contributed by atoms with van der Waals surface area (Å²) in [5.41, 5.74) is 1.87. The number of hydrogen-bond acceptors (Lipinski definition) is 4. The number of nitrogens with one attached hydrogen (secondary N) is 1. The van der Waals surface area contributed by atoms with Gasteiger partial charge in [0.05, 0.1) is 6.10 Å². The first kappa shape index (κ1) is 17.5. The van der Waals surface area contributed by atoms with Crippen LogP contribution in [0.25, 0.3) is 11.1 Å². The molecule has 0 saturated heterocycles. The van der Waals surface area contributed by atoms with Crippen LogP contribution in [0.2, 0.25) is 0 Å². The third-order valence-electron chi connectivity index (χ3n) is 3.18. The zero-order chi connectivity index (χ0) is 17.0. The third-order valence-corrected chi connectivity index (χ3v) is 4.32. The molecule has 0 radical (unpaired) electrons. The molecule has 0 spiro atoms. The molecular weight excluding hydrogens is 315 g/mol. The highest BCUT2D eigenvalue weighted by Crippen LogP contribution is 2.40. The van der Waals surface area contributed by atoms with Crippen LogP contribution >= 0.6 is 7.60 Å². The van der Waals surface area contributed by atoms with Gasteiger partial charge in [0.2, 0.25) is 0 Å². The number of anilines is 1. The predicted molar refractivity (Wildman–Crippen MR) is 90.6 cm³/mol. The van der Waals surface area contributed by atoms with Crippen LogP contribution in [0.3, 0.4) is 0 Å². The van der Waals surface area contributed by atoms with Crippen LogP contribution < -0.4 is 10.1 Å². The van der Waals surface area contributed by atoms with Crippen LogP contribution in [0.5, 0.6) is 5.75 Å². The van der Waals surface area contributed by atoms with Crippen molar-refractivity contribution in [3.8, 4) is 16.9 Å². The minimum absolute atomic E-state index is 0.117. The largest absolute Gasteiger partial charge is 0.491 e. The van der Waals surface area contributed by atoms with Crippen LogP contribution in [0.4, 0.5) is 5.82 Å². The molecule has 0 bridgehead atoms. The molecule has 0 fully saturated rings. The fraction of sp³-hybridized carbons (Fsp3) is 0.312. The first-order valence-corrected chi connectivity index (χ1v) is 8.99. The minimum Gasteiger partial charge on any atom is -0.491 e. The molecule has 23 heavy (non-hydrogen) atoms. The Balaban J connectivity index is 2.18. The Labute approximate surface area is 135 Å². The Morgan fingerprint density at radius 2 is 1.74 bits per heavy atom. The normalized spacial score (nSPS) is 13.0. The fourth-order valence-corrected chi connectivity index (χ4v) is 2.29. The van der Waals surface area contributed by atoms with Crippen molar-refractivity contribution in [1.29, 1.82) is 0 Å². The van der Waals surface area contributed by atoms with Gasteiger partial charge >= 0.3 is 7.60 Å². The standard InChI is InChI=1S/C16H21N2O4P/c1-11(2)22-15-6-4-13(5-7-15)14-8-9-17-16(10-14)18-12(3)23(19,20)21/h4-12H,1-3H3,(H,17,18)(H2,19,20,21). The van der Waals surface area contributed by atoms with Crippen LogP contribution in [0.15, 0.2) is 42.6 Å². The van der Waals surface area contributed by atoms with Gasteiger partial charge < -0.3 is 19.8 Å². The Bertz CT molecular complexity index is 697. The quantitative estimate of drug-likeness (QED) is 0.700. The van der Waals surface area contributed by atoms with E-state index in [2.05, 4.69) is 10.3 Å².